The second-order valence-corrected chi connectivity index (χ2v) is 6.83. The second kappa shape index (κ2) is 7.92. The van der Waals surface area contributed by atoms with E-state index in [1.165, 1.54) is 0 Å². The highest BCUT2D eigenvalue weighted by Gasteiger charge is 2.25. The van der Waals surface area contributed by atoms with Crippen molar-refractivity contribution >= 4 is 17.2 Å². The number of ether oxygens (including phenoxy) is 1. The van der Waals surface area contributed by atoms with Gasteiger partial charge in [0.25, 0.3) is 5.91 Å². The summed E-state index contributed by atoms with van der Waals surface area (Å²) in [5.41, 5.74) is 0.434. The van der Waals surface area contributed by atoms with Crippen LogP contribution < -0.4 is 0 Å². The second-order valence-electron chi connectivity index (χ2n) is 5.88. The van der Waals surface area contributed by atoms with Crippen LogP contribution in [0.25, 0.3) is 10.8 Å². The SMILES string of the molecule is COCCN1CCCN(C(=O)c2nc(-c3cccs3)oc2C)CC1. The van der Waals surface area contributed by atoms with E-state index in [-0.39, 0.29) is 5.91 Å². The minimum atomic E-state index is -0.0346. The van der Waals surface area contributed by atoms with E-state index >= 15 is 0 Å². The van der Waals surface area contributed by atoms with Crippen LogP contribution in [0.1, 0.15) is 22.7 Å². The van der Waals surface area contributed by atoms with E-state index in [2.05, 4.69) is 9.88 Å². The highest BCUT2D eigenvalue weighted by atomic mass is 32.1. The lowest BCUT2D eigenvalue weighted by atomic mass is 10.3. The molecule has 7 heteroatoms. The van der Waals surface area contributed by atoms with Gasteiger partial charge in [-0.2, -0.15) is 0 Å². The first-order valence-corrected chi connectivity index (χ1v) is 9.09. The zero-order chi connectivity index (χ0) is 16.9. The molecule has 24 heavy (non-hydrogen) atoms. The first-order valence-electron chi connectivity index (χ1n) is 8.21. The summed E-state index contributed by atoms with van der Waals surface area (Å²) >= 11 is 1.56. The zero-order valence-electron chi connectivity index (χ0n) is 14.2. The van der Waals surface area contributed by atoms with Crippen molar-refractivity contribution in [2.75, 3.05) is 46.4 Å². The van der Waals surface area contributed by atoms with Gasteiger partial charge in [-0.3, -0.25) is 9.69 Å². The molecule has 3 rings (SSSR count). The highest BCUT2D eigenvalue weighted by Crippen LogP contribution is 2.26. The van der Waals surface area contributed by atoms with Gasteiger partial charge in [0.05, 0.1) is 11.5 Å². The summed E-state index contributed by atoms with van der Waals surface area (Å²) in [5.74, 6) is 1.08. The average Bonchev–Trinajstić information content (AvgIpc) is 3.17. The van der Waals surface area contributed by atoms with Crippen LogP contribution >= 0.6 is 11.3 Å². The Bertz CT molecular complexity index is 669. The van der Waals surface area contributed by atoms with Crippen LogP contribution in [-0.2, 0) is 4.74 Å². The van der Waals surface area contributed by atoms with Gasteiger partial charge in [-0.25, -0.2) is 4.98 Å². The highest BCUT2D eigenvalue weighted by molar-refractivity contribution is 7.13. The third-order valence-electron chi connectivity index (χ3n) is 4.22. The summed E-state index contributed by atoms with van der Waals surface area (Å²) in [7, 11) is 1.71. The number of carbonyl (C=O) groups is 1. The Balaban J connectivity index is 1.68. The van der Waals surface area contributed by atoms with Crippen molar-refractivity contribution in [3.8, 4) is 10.8 Å². The van der Waals surface area contributed by atoms with Crippen molar-refractivity contribution in [2.24, 2.45) is 0 Å². The van der Waals surface area contributed by atoms with Crippen molar-refractivity contribution in [1.29, 1.82) is 0 Å². The van der Waals surface area contributed by atoms with Crippen LogP contribution in [0.15, 0.2) is 21.9 Å². The van der Waals surface area contributed by atoms with Gasteiger partial charge in [0.1, 0.15) is 5.76 Å². The third kappa shape index (κ3) is 3.85. The minimum absolute atomic E-state index is 0.0346. The van der Waals surface area contributed by atoms with E-state index in [1.807, 2.05) is 22.4 Å². The van der Waals surface area contributed by atoms with E-state index in [0.29, 0.717) is 23.9 Å². The maximum atomic E-state index is 12.8. The number of aryl methyl sites for hydroxylation is 1. The van der Waals surface area contributed by atoms with Gasteiger partial charge in [-0.1, -0.05) is 6.07 Å². The van der Waals surface area contributed by atoms with Gasteiger partial charge in [0.2, 0.25) is 5.89 Å². The lowest BCUT2D eigenvalue weighted by Gasteiger charge is -2.21. The Morgan fingerprint density at radius 2 is 2.25 bits per heavy atom. The first-order chi connectivity index (χ1) is 11.7. The van der Waals surface area contributed by atoms with E-state index in [4.69, 9.17) is 9.15 Å². The Hall–Kier alpha value is -1.70. The van der Waals surface area contributed by atoms with Crippen molar-refractivity contribution in [3.05, 3.63) is 29.0 Å². The summed E-state index contributed by atoms with van der Waals surface area (Å²) in [6, 6.07) is 3.90. The molecule has 2 aromatic heterocycles. The molecule has 1 fully saturated rings. The normalized spacial score (nSPS) is 16.3. The van der Waals surface area contributed by atoms with Crippen molar-refractivity contribution in [2.45, 2.75) is 13.3 Å². The molecule has 0 aromatic carbocycles. The molecule has 1 saturated heterocycles. The minimum Gasteiger partial charge on any atom is -0.440 e. The quantitative estimate of drug-likeness (QED) is 0.830. The average molecular weight is 349 g/mol. The third-order valence-corrected chi connectivity index (χ3v) is 5.08. The van der Waals surface area contributed by atoms with Gasteiger partial charge in [0.15, 0.2) is 5.69 Å². The van der Waals surface area contributed by atoms with E-state index in [0.717, 1.165) is 44.1 Å². The fourth-order valence-corrected chi connectivity index (χ4v) is 3.52. The molecule has 0 aliphatic carbocycles. The largest absolute Gasteiger partial charge is 0.440 e. The van der Waals surface area contributed by atoms with Gasteiger partial charge >= 0.3 is 0 Å². The van der Waals surface area contributed by atoms with Crippen molar-refractivity contribution in [3.63, 3.8) is 0 Å². The predicted octanol–water partition coefficient (Wildman–Crippen LogP) is 2.51. The molecule has 0 unspecified atom stereocenters. The van der Waals surface area contributed by atoms with Crippen LogP contribution in [0, 0.1) is 6.92 Å². The monoisotopic (exact) mass is 349 g/mol. The van der Waals surface area contributed by atoms with E-state index in [9.17, 15) is 4.79 Å². The molecule has 0 atom stereocenters. The molecule has 0 radical (unpaired) electrons. The fourth-order valence-electron chi connectivity index (χ4n) is 2.87. The molecular weight excluding hydrogens is 326 g/mol. The van der Waals surface area contributed by atoms with Crippen LogP contribution in [0.2, 0.25) is 0 Å². The number of carbonyl (C=O) groups excluding carboxylic acids is 1. The number of thiophene rings is 1. The summed E-state index contributed by atoms with van der Waals surface area (Å²) in [5, 5.41) is 1.97. The molecule has 6 nitrogen and oxygen atoms in total. The van der Waals surface area contributed by atoms with Crippen LogP contribution in [0.4, 0.5) is 0 Å². The number of amides is 1. The number of hydrogen-bond acceptors (Lipinski definition) is 6. The molecule has 1 aliphatic rings. The number of hydrogen-bond donors (Lipinski definition) is 0. The number of aromatic nitrogens is 1. The Labute approximate surface area is 146 Å². The number of oxazole rings is 1. The van der Waals surface area contributed by atoms with Crippen molar-refractivity contribution < 1.29 is 13.9 Å². The van der Waals surface area contributed by atoms with Gasteiger partial charge < -0.3 is 14.1 Å². The van der Waals surface area contributed by atoms with Crippen LogP contribution in [0.3, 0.4) is 0 Å². The van der Waals surface area contributed by atoms with Gasteiger partial charge in [-0.05, 0) is 31.3 Å². The molecule has 1 amide bonds. The summed E-state index contributed by atoms with van der Waals surface area (Å²) in [6.07, 6.45) is 0.962. The smallest absolute Gasteiger partial charge is 0.276 e. The van der Waals surface area contributed by atoms with E-state index < -0.39 is 0 Å². The first kappa shape index (κ1) is 17.1. The number of rotatable bonds is 5. The predicted molar refractivity (Wildman–Crippen MR) is 93.4 cm³/mol. The zero-order valence-corrected chi connectivity index (χ0v) is 15.0. The van der Waals surface area contributed by atoms with Gasteiger partial charge in [0, 0.05) is 33.3 Å². The standard InChI is InChI=1S/C17H23N3O3S/c1-13-15(18-16(23-13)14-5-3-12-24-14)17(21)20-7-4-6-19(8-9-20)10-11-22-2/h3,5,12H,4,6-11H2,1-2H3. The van der Waals surface area contributed by atoms with Crippen LogP contribution in [-0.4, -0.2) is 67.1 Å². The summed E-state index contributed by atoms with van der Waals surface area (Å²) < 4.78 is 10.8. The molecule has 1 aliphatic heterocycles. The number of methoxy groups -OCH3 is 1. The Morgan fingerprint density at radius 1 is 1.38 bits per heavy atom. The molecule has 130 valence electrons. The molecule has 3 heterocycles. The lowest BCUT2D eigenvalue weighted by molar-refractivity contribution is 0.0752. The molecule has 0 N–H and O–H groups in total. The topological polar surface area (TPSA) is 58.8 Å². The fraction of sp³-hybridized carbons (Fsp3) is 0.529. The Morgan fingerprint density at radius 3 is 3.00 bits per heavy atom. The Kier molecular flexibility index (Phi) is 5.65. The maximum Gasteiger partial charge on any atom is 0.276 e. The summed E-state index contributed by atoms with van der Waals surface area (Å²) in [4.78, 5) is 22.5. The van der Waals surface area contributed by atoms with E-state index in [1.54, 1.807) is 25.4 Å². The molecule has 0 saturated carbocycles. The molecule has 0 bridgehead atoms. The van der Waals surface area contributed by atoms with Crippen LogP contribution in [0.5, 0.6) is 0 Å². The van der Waals surface area contributed by atoms with Crippen molar-refractivity contribution in [1.82, 2.24) is 14.8 Å². The molecular formula is C17H23N3O3S. The summed E-state index contributed by atoms with van der Waals surface area (Å²) in [6.45, 7) is 6.76. The lowest BCUT2D eigenvalue weighted by Crippen LogP contribution is -2.36. The molecule has 2 aromatic rings. The van der Waals surface area contributed by atoms with Gasteiger partial charge in [-0.15, -0.1) is 11.3 Å². The number of nitrogens with zero attached hydrogens (tertiary/aromatic N) is 3. The maximum absolute atomic E-state index is 12.8. The molecule has 0 spiro atoms.